The van der Waals surface area contributed by atoms with Gasteiger partial charge in [-0.25, -0.2) is 4.79 Å². The molecule has 1 aliphatic rings. The normalized spacial score (nSPS) is 16.0. The predicted molar refractivity (Wildman–Crippen MR) is 114 cm³/mol. The monoisotopic (exact) mass is 406 g/mol. The Morgan fingerprint density at radius 1 is 1.41 bits per heavy atom. The highest BCUT2D eigenvalue weighted by Crippen LogP contribution is 2.40. The third-order valence-corrected chi connectivity index (χ3v) is 6.42. The van der Waals surface area contributed by atoms with E-state index in [0.29, 0.717) is 16.6 Å². The first kappa shape index (κ1) is 19.8. The Kier molecular flexibility index (Phi) is 5.86. The van der Waals surface area contributed by atoms with Crippen LogP contribution in [0.4, 0.5) is 10.7 Å². The number of fused-ring (bicyclic) bond motifs is 1. The second-order valence-corrected chi connectivity index (χ2v) is 8.50. The summed E-state index contributed by atoms with van der Waals surface area (Å²) in [4.78, 5) is 13.7. The predicted octanol–water partition coefficient (Wildman–Crippen LogP) is 4.30. The van der Waals surface area contributed by atoms with Crippen LogP contribution in [0.1, 0.15) is 52.5 Å². The Bertz CT molecular complexity index is 885. The van der Waals surface area contributed by atoms with Gasteiger partial charge in [-0.2, -0.15) is 5.10 Å². The van der Waals surface area contributed by atoms with Crippen molar-refractivity contribution in [3.63, 3.8) is 0 Å². The minimum atomic E-state index is -0.307. The Balaban J connectivity index is 1.86. The molecule has 2 N–H and O–H groups in total. The zero-order valence-electron chi connectivity index (χ0n) is 16.4. The van der Waals surface area contributed by atoms with Crippen LogP contribution in [0.25, 0.3) is 0 Å². The number of hydrogen-bond acceptors (Lipinski definition) is 5. The molecule has 27 heavy (non-hydrogen) atoms. The van der Waals surface area contributed by atoms with Crippen LogP contribution >= 0.6 is 23.6 Å². The van der Waals surface area contributed by atoms with Crippen LogP contribution in [0.2, 0.25) is 0 Å². The van der Waals surface area contributed by atoms with E-state index in [4.69, 9.17) is 17.0 Å². The lowest BCUT2D eigenvalue weighted by Gasteiger charge is -2.18. The van der Waals surface area contributed by atoms with Crippen molar-refractivity contribution >= 4 is 45.3 Å². The van der Waals surface area contributed by atoms with Gasteiger partial charge in [0.15, 0.2) is 5.11 Å². The minimum Gasteiger partial charge on any atom is -0.465 e. The fraction of sp³-hybridized carbons (Fsp3) is 0.526. The average Bonchev–Trinajstić information content (AvgIpc) is 3.11. The van der Waals surface area contributed by atoms with Crippen LogP contribution in [-0.2, 0) is 24.1 Å². The number of carbonyl (C=O) groups is 1. The SMILES string of the molecule is CCn1nc(C)c(NC(=S)Nc2sc3c(c2C(=O)OC)CC[C@H](C)C3)c1C. The van der Waals surface area contributed by atoms with Crippen LogP contribution in [-0.4, -0.2) is 28.0 Å². The Morgan fingerprint density at radius 3 is 2.78 bits per heavy atom. The molecule has 2 aromatic heterocycles. The first-order valence-electron chi connectivity index (χ1n) is 9.20. The molecule has 0 spiro atoms. The fourth-order valence-corrected chi connectivity index (χ4v) is 5.26. The lowest BCUT2D eigenvalue weighted by Crippen LogP contribution is -2.21. The number of thiophene rings is 1. The fourth-order valence-electron chi connectivity index (χ4n) is 3.59. The molecule has 0 aliphatic heterocycles. The maximum atomic E-state index is 12.4. The molecule has 1 aliphatic carbocycles. The van der Waals surface area contributed by atoms with Gasteiger partial charge >= 0.3 is 5.97 Å². The summed E-state index contributed by atoms with van der Waals surface area (Å²) >= 11 is 7.13. The Morgan fingerprint density at radius 2 is 2.15 bits per heavy atom. The van der Waals surface area contributed by atoms with E-state index in [1.54, 1.807) is 11.3 Å². The van der Waals surface area contributed by atoms with Gasteiger partial charge in [-0.15, -0.1) is 11.3 Å². The summed E-state index contributed by atoms with van der Waals surface area (Å²) in [5.74, 6) is 0.322. The smallest absolute Gasteiger partial charge is 0.341 e. The largest absolute Gasteiger partial charge is 0.465 e. The van der Waals surface area contributed by atoms with Crippen LogP contribution in [0, 0.1) is 19.8 Å². The summed E-state index contributed by atoms with van der Waals surface area (Å²) < 4.78 is 6.97. The summed E-state index contributed by atoms with van der Waals surface area (Å²) in [5.41, 5.74) is 4.58. The number of nitrogens with zero attached hydrogens (tertiary/aromatic N) is 2. The molecule has 0 aromatic carbocycles. The molecule has 0 radical (unpaired) electrons. The van der Waals surface area contributed by atoms with Gasteiger partial charge in [0.1, 0.15) is 5.00 Å². The lowest BCUT2D eigenvalue weighted by molar-refractivity contribution is 0.0601. The number of hydrogen-bond donors (Lipinski definition) is 2. The van der Waals surface area contributed by atoms with E-state index >= 15 is 0 Å². The molecule has 1 atom stereocenters. The van der Waals surface area contributed by atoms with E-state index in [2.05, 4.69) is 29.6 Å². The van der Waals surface area contributed by atoms with E-state index < -0.39 is 0 Å². The van der Waals surface area contributed by atoms with Crippen LogP contribution in [0.3, 0.4) is 0 Å². The van der Waals surface area contributed by atoms with Crippen molar-refractivity contribution in [1.82, 2.24) is 9.78 Å². The standard InChI is InChI=1S/C19H26N4O2S2/c1-6-23-12(4)16(11(3)22-23)20-19(26)21-17-15(18(24)25-5)13-8-7-10(2)9-14(13)27-17/h10H,6-9H2,1-5H3,(H2,20,21,26)/t10-/m0/s1. The van der Waals surface area contributed by atoms with Crippen molar-refractivity contribution in [2.75, 3.05) is 17.7 Å². The van der Waals surface area contributed by atoms with Crippen molar-refractivity contribution in [3.05, 3.63) is 27.4 Å². The molecule has 0 fully saturated rings. The quantitative estimate of drug-likeness (QED) is 0.583. The number of aromatic nitrogens is 2. The molecule has 0 saturated heterocycles. The molecular weight excluding hydrogens is 380 g/mol. The molecule has 8 heteroatoms. The molecule has 146 valence electrons. The van der Waals surface area contributed by atoms with Gasteiger partial charge in [-0.05, 0) is 63.7 Å². The van der Waals surface area contributed by atoms with E-state index in [9.17, 15) is 4.79 Å². The number of aryl methyl sites for hydroxylation is 2. The van der Waals surface area contributed by atoms with Gasteiger partial charge in [-0.3, -0.25) is 4.68 Å². The molecule has 0 amide bonds. The summed E-state index contributed by atoms with van der Waals surface area (Å²) in [7, 11) is 1.42. The van der Waals surface area contributed by atoms with Gasteiger partial charge in [0.05, 0.1) is 29.7 Å². The number of ether oxygens (including phenoxy) is 1. The van der Waals surface area contributed by atoms with Crippen molar-refractivity contribution in [3.8, 4) is 0 Å². The number of carbonyl (C=O) groups excluding carboxylic acids is 1. The summed E-state index contributed by atoms with van der Waals surface area (Å²) in [6.07, 6.45) is 2.98. The highest BCUT2D eigenvalue weighted by molar-refractivity contribution is 7.80. The van der Waals surface area contributed by atoms with Crippen LogP contribution in [0.5, 0.6) is 0 Å². The number of nitrogens with one attached hydrogen (secondary N) is 2. The molecular formula is C19H26N4O2S2. The molecule has 6 nitrogen and oxygen atoms in total. The number of thiocarbonyl (C=S) groups is 1. The van der Waals surface area contributed by atoms with Crippen molar-refractivity contribution in [2.45, 2.75) is 53.5 Å². The van der Waals surface area contributed by atoms with Crippen molar-refractivity contribution < 1.29 is 9.53 Å². The minimum absolute atomic E-state index is 0.307. The van der Waals surface area contributed by atoms with E-state index in [1.165, 1.54) is 12.0 Å². The van der Waals surface area contributed by atoms with E-state index in [-0.39, 0.29) is 5.97 Å². The lowest BCUT2D eigenvalue weighted by atomic mass is 9.88. The maximum Gasteiger partial charge on any atom is 0.341 e. The number of methoxy groups -OCH3 is 1. The summed E-state index contributed by atoms with van der Waals surface area (Å²) in [6.45, 7) is 9.07. The zero-order valence-corrected chi connectivity index (χ0v) is 18.1. The van der Waals surface area contributed by atoms with E-state index in [0.717, 1.165) is 53.4 Å². The molecule has 0 unspecified atom stereocenters. The first-order chi connectivity index (χ1) is 12.8. The molecule has 3 rings (SSSR count). The number of anilines is 2. The number of rotatable bonds is 4. The first-order valence-corrected chi connectivity index (χ1v) is 10.4. The third kappa shape index (κ3) is 3.87. The van der Waals surface area contributed by atoms with Crippen molar-refractivity contribution in [2.24, 2.45) is 5.92 Å². The van der Waals surface area contributed by atoms with Crippen molar-refractivity contribution in [1.29, 1.82) is 0 Å². The number of esters is 1. The molecule has 2 aromatic rings. The van der Waals surface area contributed by atoms with Gasteiger partial charge in [-0.1, -0.05) is 6.92 Å². The second-order valence-electron chi connectivity index (χ2n) is 6.99. The van der Waals surface area contributed by atoms with Gasteiger partial charge < -0.3 is 15.4 Å². The highest BCUT2D eigenvalue weighted by Gasteiger charge is 2.28. The zero-order chi connectivity index (χ0) is 19.7. The maximum absolute atomic E-state index is 12.4. The van der Waals surface area contributed by atoms with Gasteiger partial charge in [0.25, 0.3) is 0 Å². The topological polar surface area (TPSA) is 68.2 Å². The summed E-state index contributed by atoms with van der Waals surface area (Å²) in [6, 6.07) is 0. The van der Waals surface area contributed by atoms with Gasteiger partial charge in [0, 0.05) is 11.4 Å². The third-order valence-electron chi connectivity index (χ3n) is 5.05. The highest BCUT2D eigenvalue weighted by atomic mass is 32.1. The Hall–Kier alpha value is -1.93. The molecule has 2 heterocycles. The summed E-state index contributed by atoms with van der Waals surface area (Å²) in [5, 5.41) is 12.2. The van der Waals surface area contributed by atoms with Gasteiger partial charge in [0.2, 0.25) is 0 Å². The molecule has 0 saturated carbocycles. The van der Waals surface area contributed by atoms with Crippen LogP contribution in [0.15, 0.2) is 0 Å². The van der Waals surface area contributed by atoms with Crippen LogP contribution < -0.4 is 10.6 Å². The molecule has 0 bridgehead atoms. The van der Waals surface area contributed by atoms with E-state index in [1.807, 2.05) is 18.5 Å². The second kappa shape index (κ2) is 7.98. The average molecular weight is 407 g/mol. The Labute approximate surface area is 169 Å².